The maximum atomic E-state index is 10.9. The highest BCUT2D eigenvalue weighted by Gasteiger charge is 2.24. The summed E-state index contributed by atoms with van der Waals surface area (Å²) in [6.45, 7) is 2.22. The quantitative estimate of drug-likeness (QED) is 0.118. The molecule has 3 N–H and O–H groups in total. The number of aromatic hydroxyl groups is 2. The van der Waals surface area contributed by atoms with Crippen LogP contribution < -0.4 is 10.2 Å². The van der Waals surface area contributed by atoms with Crippen LogP contribution in [0.5, 0.6) is 17.2 Å². The number of anilines is 1. The fraction of sp³-hybridized carbons (Fsp3) is 0.458. The molecule has 0 spiro atoms. The largest absolute Gasteiger partial charge is 0.504 e. The van der Waals surface area contributed by atoms with Gasteiger partial charge in [-0.2, -0.15) is 0 Å². The van der Waals surface area contributed by atoms with Crippen molar-refractivity contribution in [1.29, 1.82) is 0 Å². The highest BCUT2D eigenvalue weighted by atomic mass is 16.6. The van der Waals surface area contributed by atoms with Crippen molar-refractivity contribution in [3.8, 4) is 17.2 Å². The summed E-state index contributed by atoms with van der Waals surface area (Å²) in [6.07, 6.45) is 11.2. The standard InChI is InChI=1S/C24H31N3O5/c1-2-3-4-5-6-7-8-9-10-11-19-22(29)21(28)16-20-23(19)32-24(26-25-20)17-12-14-18(15-13-17)27(30)31/h12-16,25,28-29H,2-11H2,1H3. The van der Waals surface area contributed by atoms with Crippen LogP contribution >= 0.6 is 0 Å². The molecule has 2 aromatic rings. The summed E-state index contributed by atoms with van der Waals surface area (Å²) in [5.74, 6) is 0.254. The van der Waals surface area contributed by atoms with Gasteiger partial charge in [0.2, 0.25) is 5.90 Å². The van der Waals surface area contributed by atoms with E-state index < -0.39 is 4.92 Å². The van der Waals surface area contributed by atoms with Gasteiger partial charge in [-0.25, -0.2) is 0 Å². The molecule has 32 heavy (non-hydrogen) atoms. The number of rotatable bonds is 12. The number of hydrogen-bond acceptors (Lipinski definition) is 7. The van der Waals surface area contributed by atoms with Gasteiger partial charge in [0.1, 0.15) is 5.69 Å². The summed E-state index contributed by atoms with van der Waals surface area (Å²) in [5, 5.41) is 35.6. The first-order valence-corrected chi connectivity index (χ1v) is 11.4. The summed E-state index contributed by atoms with van der Waals surface area (Å²) in [4.78, 5) is 10.4. The fourth-order valence-corrected chi connectivity index (χ4v) is 3.82. The first-order chi connectivity index (χ1) is 15.5. The Morgan fingerprint density at radius 3 is 2.25 bits per heavy atom. The lowest BCUT2D eigenvalue weighted by Crippen LogP contribution is -2.19. The van der Waals surface area contributed by atoms with Crippen LogP contribution in [-0.2, 0) is 6.42 Å². The molecule has 8 nitrogen and oxygen atoms in total. The van der Waals surface area contributed by atoms with Crippen LogP contribution in [0.2, 0.25) is 0 Å². The number of hydrogen-bond donors (Lipinski definition) is 3. The lowest BCUT2D eigenvalue weighted by molar-refractivity contribution is -0.384. The highest BCUT2D eigenvalue weighted by Crippen LogP contribution is 2.44. The summed E-state index contributed by atoms with van der Waals surface area (Å²) >= 11 is 0. The van der Waals surface area contributed by atoms with E-state index in [-0.39, 0.29) is 23.1 Å². The molecule has 0 aromatic heterocycles. The van der Waals surface area contributed by atoms with Gasteiger partial charge >= 0.3 is 0 Å². The van der Waals surface area contributed by atoms with Crippen molar-refractivity contribution in [2.24, 2.45) is 5.10 Å². The first kappa shape index (κ1) is 23.4. The molecule has 0 fully saturated rings. The number of non-ortho nitro benzene ring substituents is 1. The molecule has 0 amide bonds. The van der Waals surface area contributed by atoms with Crippen LogP contribution in [0.25, 0.3) is 0 Å². The zero-order chi connectivity index (χ0) is 22.9. The summed E-state index contributed by atoms with van der Waals surface area (Å²) < 4.78 is 5.96. The van der Waals surface area contributed by atoms with Crippen LogP contribution in [-0.4, -0.2) is 21.0 Å². The third-order valence-electron chi connectivity index (χ3n) is 5.66. The van der Waals surface area contributed by atoms with E-state index in [0.717, 1.165) is 19.3 Å². The third-order valence-corrected chi connectivity index (χ3v) is 5.66. The Morgan fingerprint density at radius 1 is 1.00 bits per heavy atom. The predicted molar refractivity (Wildman–Crippen MR) is 125 cm³/mol. The van der Waals surface area contributed by atoms with Crippen LogP contribution in [0.1, 0.15) is 75.8 Å². The number of nitro benzene ring substituents is 1. The third kappa shape index (κ3) is 5.90. The van der Waals surface area contributed by atoms with E-state index in [4.69, 9.17) is 4.74 Å². The molecule has 2 aromatic carbocycles. The minimum absolute atomic E-state index is 0.0212. The number of nitrogens with one attached hydrogen (secondary N) is 1. The fourth-order valence-electron chi connectivity index (χ4n) is 3.82. The smallest absolute Gasteiger partial charge is 0.269 e. The van der Waals surface area contributed by atoms with E-state index in [9.17, 15) is 20.3 Å². The second kappa shape index (κ2) is 11.4. The number of benzene rings is 2. The van der Waals surface area contributed by atoms with Crippen molar-refractivity contribution in [1.82, 2.24) is 0 Å². The van der Waals surface area contributed by atoms with Gasteiger partial charge in [-0.15, -0.1) is 5.10 Å². The molecule has 172 valence electrons. The van der Waals surface area contributed by atoms with Crippen LogP contribution in [0.4, 0.5) is 11.4 Å². The van der Waals surface area contributed by atoms with E-state index in [0.29, 0.717) is 29.0 Å². The Bertz CT molecular complexity index is 957. The Hall–Kier alpha value is -3.29. The van der Waals surface area contributed by atoms with Crippen molar-refractivity contribution >= 4 is 17.3 Å². The van der Waals surface area contributed by atoms with Crippen LogP contribution in [0.15, 0.2) is 35.4 Å². The molecule has 1 aliphatic rings. The number of phenolic OH excluding ortho intramolecular Hbond substituents is 2. The monoisotopic (exact) mass is 441 g/mol. The second-order valence-electron chi connectivity index (χ2n) is 8.11. The summed E-state index contributed by atoms with van der Waals surface area (Å²) in [5.41, 5.74) is 4.40. The molecule has 0 saturated heterocycles. The van der Waals surface area contributed by atoms with Crippen molar-refractivity contribution in [2.75, 3.05) is 5.43 Å². The van der Waals surface area contributed by atoms with Gasteiger partial charge in [0.15, 0.2) is 17.2 Å². The van der Waals surface area contributed by atoms with E-state index in [2.05, 4.69) is 17.5 Å². The van der Waals surface area contributed by atoms with E-state index >= 15 is 0 Å². The number of ether oxygens (including phenoxy) is 1. The maximum absolute atomic E-state index is 10.9. The van der Waals surface area contributed by atoms with Crippen molar-refractivity contribution in [3.05, 3.63) is 51.6 Å². The Morgan fingerprint density at radius 2 is 1.62 bits per heavy atom. The molecule has 3 rings (SSSR count). The van der Waals surface area contributed by atoms with Gasteiger partial charge in [0.05, 0.1) is 4.92 Å². The van der Waals surface area contributed by atoms with Crippen molar-refractivity contribution < 1.29 is 19.9 Å². The molecule has 0 saturated carbocycles. The molecule has 0 radical (unpaired) electrons. The van der Waals surface area contributed by atoms with Gasteiger partial charge in [0, 0.05) is 29.3 Å². The van der Waals surface area contributed by atoms with Gasteiger partial charge < -0.3 is 14.9 Å². The number of phenols is 2. The zero-order valence-electron chi connectivity index (χ0n) is 18.5. The molecule has 0 unspecified atom stereocenters. The molecular weight excluding hydrogens is 410 g/mol. The van der Waals surface area contributed by atoms with Crippen LogP contribution in [0.3, 0.4) is 0 Å². The number of nitrogens with zero attached hydrogens (tertiary/aromatic N) is 2. The summed E-state index contributed by atoms with van der Waals surface area (Å²) in [7, 11) is 0. The zero-order valence-corrected chi connectivity index (χ0v) is 18.5. The van der Waals surface area contributed by atoms with Gasteiger partial charge in [-0.1, -0.05) is 58.3 Å². The van der Waals surface area contributed by atoms with Crippen LogP contribution in [0, 0.1) is 10.1 Å². The van der Waals surface area contributed by atoms with Gasteiger partial charge in [0.25, 0.3) is 5.69 Å². The molecule has 0 bridgehead atoms. The number of unbranched alkanes of at least 4 members (excludes halogenated alkanes) is 8. The van der Waals surface area contributed by atoms with Gasteiger partial charge in [-0.3, -0.25) is 15.5 Å². The molecule has 1 heterocycles. The van der Waals surface area contributed by atoms with E-state index in [1.807, 2.05) is 0 Å². The van der Waals surface area contributed by atoms with Crippen molar-refractivity contribution in [2.45, 2.75) is 71.1 Å². The topological polar surface area (TPSA) is 117 Å². The Kier molecular flexibility index (Phi) is 8.30. The predicted octanol–water partition coefficient (Wildman–Crippen LogP) is 6.25. The maximum Gasteiger partial charge on any atom is 0.269 e. The Balaban J connectivity index is 1.62. The Labute approximate surface area is 188 Å². The molecule has 8 heteroatoms. The van der Waals surface area contributed by atoms with E-state index in [1.165, 1.54) is 56.7 Å². The second-order valence-corrected chi connectivity index (χ2v) is 8.11. The van der Waals surface area contributed by atoms with E-state index in [1.54, 1.807) is 12.1 Å². The molecular formula is C24H31N3O5. The number of fused-ring (bicyclic) bond motifs is 1. The average Bonchev–Trinajstić information content (AvgIpc) is 2.80. The normalized spacial score (nSPS) is 12.5. The molecule has 0 aliphatic carbocycles. The molecule has 0 atom stereocenters. The first-order valence-electron chi connectivity index (χ1n) is 11.4. The molecule has 1 aliphatic heterocycles. The summed E-state index contributed by atoms with van der Waals surface area (Å²) in [6, 6.07) is 7.26. The highest BCUT2D eigenvalue weighted by molar-refractivity contribution is 5.98. The minimum atomic E-state index is -0.467. The van der Waals surface area contributed by atoms with Gasteiger partial charge in [-0.05, 0) is 25.0 Å². The lowest BCUT2D eigenvalue weighted by Gasteiger charge is -2.22. The minimum Gasteiger partial charge on any atom is -0.504 e. The lowest BCUT2D eigenvalue weighted by atomic mass is 10.0. The number of nitro groups is 1. The van der Waals surface area contributed by atoms with Crippen molar-refractivity contribution in [3.63, 3.8) is 0 Å². The average molecular weight is 442 g/mol. The number of hydrazone groups is 1. The SMILES string of the molecule is CCCCCCCCCCCc1c(O)c(O)cc2c1OC(c1ccc([N+](=O)[O-])cc1)=NN2.